The highest BCUT2D eigenvalue weighted by Gasteiger charge is 2.21. The van der Waals surface area contributed by atoms with E-state index < -0.39 is 11.6 Å². The third kappa shape index (κ3) is 3.67. The van der Waals surface area contributed by atoms with Crippen molar-refractivity contribution in [3.63, 3.8) is 0 Å². The standard InChI is InChI=1S/C18H21F2N/c1-18(2,3)14-7-5-4-6-13(14)17(21)11-12-8-9-15(19)16(20)10-12/h4-10,17H,11,21H2,1-3H3. The van der Waals surface area contributed by atoms with Gasteiger partial charge in [0, 0.05) is 6.04 Å². The fraction of sp³-hybridized carbons (Fsp3) is 0.333. The summed E-state index contributed by atoms with van der Waals surface area (Å²) in [5.74, 6) is -1.66. The molecule has 112 valence electrons. The van der Waals surface area contributed by atoms with Gasteiger partial charge in [-0.3, -0.25) is 0 Å². The molecule has 0 spiro atoms. The van der Waals surface area contributed by atoms with Gasteiger partial charge in [-0.2, -0.15) is 0 Å². The van der Waals surface area contributed by atoms with Crippen LogP contribution in [0.4, 0.5) is 8.78 Å². The summed E-state index contributed by atoms with van der Waals surface area (Å²) in [5.41, 5.74) is 9.22. The zero-order valence-corrected chi connectivity index (χ0v) is 12.7. The van der Waals surface area contributed by atoms with E-state index in [0.29, 0.717) is 12.0 Å². The van der Waals surface area contributed by atoms with E-state index in [4.69, 9.17) is 5.73 Å². The largest absolute Gasteiger partial charge is 0.324 e. The molecule has 0 bridgehead atoms. The summed E-state index contributed by atoms with van der Waals surface area (Å²) >= 11 is 0. The van der Waals surface area contributed by atoms with E-state index in [1.807, 2.05) is 18.2 Å². The lowest BCUT2D eigenvalue weighted by molar-refractivity contribution is 0.506. The highest BCUT2D eigenvalue weighted by Crippen LogP contribution is 2.30. The Labute approximate surface area is 124 Å². The molecule has 0 aliphatic rings. The van der Waals surface area contributed by atoms with Gasteiger partial charge in [0.2, 0.25) is 0 Å². The molecular weight excluding hydrogens is 268 g/mol. The Kier molecular flexibility index (Phi) is 4.43. The minimum Gasteiger partial charge on any atom is -0.324 e. The second-order valence-corrected chi connectivity index (χ2v) is 6.40. The van der Waals surface area contributed by atoms with E-state index in [-0.39, 0.29) is 11.5 Å². The van der Waals surface area contributed by atoms with Crippen LogP contribution in [0.3, 0.4) is 0 Å². The van der Waals surface area contributed by atoms with Crippen LogP contribution in [0.25, 0.3) is 0 Å². The van der Waals surface area contributed by atoms with Crippen molar-refractivity contribution >= 4 is 0 Å². The summed E-state index contributed by atoms with van der Waals surface area (Å²) in [4.78, 5) is 0. The van der Waals surface area contributed by atoms with Gasteiger partial charge in [-0.25, -0.2) is 8.78 Å². The number of hydrogen-bond donors (Lipinski definition) is 1. The lowest BCUT2D eigenvalue weighted by Crippen LogP contribution is -2.21. The first-order valence-electron chi connectivity index (χ1n) is 7.08. The fourth-order valence-corrected chi connectivity index (χ4v) is 2.53. The molecule has 1 unspecified atom stereocenters. The van der Waals surface area contributed by atoms with Crippen LogP contribution in [0.1, 0.15) is 43.5 Å². The SMILES string of the molecule is CC(C)(C)c1ccccc1C(N)Cc1ccc(F)c(F)c1. The summed E-state index contributed by atoms with van der Waals surface area (Å²) in [7, 11) is 0. The van der Waals surface area contributed by atoms with E-state index in [2.05, 4.69) is 26.8 Å². The van der Waals surface area contributed by atoms with Crippen molar-refractivity contribution in [2.75, 3.05) is 0 Å². The maximum atomic E-state index is 13.3. The lowest BCUT2D eigenvalue weighted by atomic mass is 9.81. The first-order chi connectivity index (χ1) is 9.79. The summed E-state index contributed by atoms with van der Waals surface area (Å²) in [6.45, 7) is 6.41. The van der Waals surface area contributed by atoms with Crippen LogP contribution < -0.4 is 5.73 Å². The van der Waals surface area contributed by atoms with Crippen LogP contribution in [0, 0.1) is 11.6 Å². The molecule has 0 amide bonds. The van der Waals surface area contributed by atoms with Gasteiger partial charge in [0.1, 0.15) is 0 Å². The lowest BCUT2D eigenvalue weighted by Gasteiger charge is -2.26. The van der Waals surface area contributed by atoms with Crippen LogP contribution in [-0.4, -0.2) is 0 Å². The maximum absolute atomic E-state index is 13.3. The van der Waals surface area contributed by atoms with Crippen molar-refractivity contribution in [1.82, 2.24) is 0 Å². The highest BCUT2D eigenvalue weighted by atomic mass is 19.2. The van der Waals surface area contributed by atoms with Crippen LogP contribution >= 0.6 is 0 Å². The smallest absolute Gasteiger partial charge is 0.159 e. The average Bonchev–Trinajstić information content (AvgIpc) is 2.42. The second kappa shape index (κ2) is 5.94. The topological polar surface area (TPSA) is 26.0 Å². The molecule has 21 heavy (non-hydrogen) atoms. The maximum Gasteiger partial charge on any atom is 0.159 e. The van der Waals surface area contributed by atoms with Gasteiger partial charge >= 0.3 is 0 Å². The van der Waals surface area contributed by atoms with Crippen molar-refractivity contribution in [1.29, 1.82) is 0 Å². The Morgan fingerprint density at radius 3 is 2.29 bits per heavy atom. The molecule has 2 N–H and O–H groups in total. The number of rotatable bonds is 3. The summed E-state index contributed by atoms with van der Waals surface area (Å²) < 4.78 is 26.3. The summed E-state index contributed by atoms with van der Waals surface area (Å²) in [5, 5.41) is 0. The monoisotopic (exact) mass is 289 g/mol. The van der Waals surface area contributed by atoms with Gasteiger partial charge in [0.25, 0.3) is 0 Å². The molecule has 0 heterocycles. The average molecular weight is 289 g/mol. The first-order valence-corrected chi connectivity index (χ1v) is 7.08. The first kappa shape index (κ1) is 15.6. The summed E-state index contributed by atoms with van der Waals surface area (Å²) in [6, 6.07) is 11.7. The molecule has 1 atom stereocenters. The molecule has 0 aromatic heterocycles. The van der Waals surface area contributed by atoms with Gasteiger partial charge < -0.3 is 5.73 Å². The number of benzene rings is 2. The third-order valence-electron chi connectivity index (χ3n) is 3.61. The molecular formula is C18H21F2N. The molecule has 0 aliphatic heterocycles. The molecule has 2 rings (SSSR count). The zero-order chi connectivity index (χ0) is 15.6. The van der Waals surface area contributed by atoms with Gasteiger partial charge in [-0.15, -0.1) is 0 Å². The van der Waals surface area contributed by atoms with Crippen molar-refractivity contribution in [2.45, 2.75) is 38.6 Å². The molecule has 2 aromatic carbocycles. The Balaban J connectivity index is 2.28. The summed E-state index contributed by atoms with van der Waals surface area (Å²) in [6.07, 6.45) is 0.476. The minimum absolute atomic E-state index is 0.0116. The molecule has 0 fully saturated rings. The van der Waals surface area contributed by atoms with E-state index in [9.17, 15) is 8.78 Å². The Morgan fingerprint density at radius 2 is 1.67 bits per heavy atom. The number of nitrogens with two attached hydrogens (primary N) is 1. The van der Waals surface area contributed by atoms with Gasteiger partial charge in [0.15, 0.2) is 11.6 Å². The highest BCUT2D eigenvalue weighted by molar-refractivity contribution is 5.36. The van der Waals surface area contributed by atoms with Crippen molar-refractivity contribution < 1.29 is 8.78 Å². The molecule has 0 radical (unpaired) electrons. The number of halogens is 2. The molecule has 0 aliphatic carbocycles. The number of hydrogen-bond acceptors (Lipinski definition) is 1. The van der Waals surface area contributed by atoms with E-state index in [0.717, 1.165) is 11.6 Å². The predicted octanol–water partition coefficient (Wildman–Crippen LogP) is 4.50. The van der Waals surface area contributed by atoms with Crippen LogP contribution in [-0.2, 0) is 11.8 Å². The zero-order valence-electron chi connectivity index (χ0n) is 12.7. The Morgan fingerprint density at radius 1 is 1.00 bits per heavy atom. The van der Waals surface area contributed by atoms with Crippen LogP contribution in [0.15, 0.2) is 42.5 Å². The van der Waals surface area contributed by atoms with Crippen molar-refractivity contribution in [3.05, 3.63) is 70.8 Å². The Bertz CT molecular complexity index is 629. The van der Waals surface area contributed by atoms with E-state index in [1.165, 1.54) is 11.6 Å². The molecule has 3 heteroatoms. The molecule has 0 saturated heterocycles. The minimum atomic E-state index is -0.831. The normalized spacial score (nSPS) is 13.2. The van der Waals surface area contributed by atoms with Crippen LogP contribution in [0.5, 0.6) is 0 Å². The quantitative estimate of drug-likeness (QED) is 0.884. The van der Waals surface area contributed by atoms with Gasteiger partial charge in [-0.05, 0) is 40.7 Å². The Hall–Kier alpha value is -1.74. The van der Waals surface area contributed by atoms with Crippen molar-refractivity contribution in [2.24, 2.45) is 5.73 Å². The van der Waals surface area contributed by atoms with Gasteiger partial charge in [0.05, 0.1) is 0 Å². The second-order valence-electron chi connectivity index (χ2n) is 6.40. The van der Waals surface area contributed by atoms with Crippen LogP contribution in [0.2, 0.25) is 0 Å². The fourth-order valence-electron chi connectivity index (χ4n) is 2.53. The van der Waals surface area contributed by atoms with E-state index >= 15 is 0 Å². The molecule has 0 saturated carbocycles. The third-order valence-corrected chi connectivity index (χ3v) is 3.61. The van der Waals surface area contributed by atoms with Gasteiger partial charge in [-0.1, -0.05) is 51.1 Å². The predicted molar refractivity (Wildman–Crippen MR) is 82.1 cm³/mol. The molecule has 1 nitrogen and oxygen atoms in total. The molecule has 2 aromatic rings. The van der Waals surface area contributed by atoms with Crippen molar-refractivity contribution in [3.8, 4) is 0 Å². The van der Waals surface area contributed by atoms with E-state index in [1.54, 1.807) is 6.07 Å².